The molecule has 0 unspecified atom stereocenters. The van der Waals surface area contributed by atoms with E-state index in [1.807, 2.05) is 0 Å². The average Bonchev–Trinajstić information content (AvgIpc) is 3.17. The Labute approximate surface area is 188 Å². The molecule has 4 rings (SSSR count). The van der Waals surface area contributed by atoms with E-state index in [0.29, 0.717) is 37.3 Å². The molecule has 33 heavy (non-hydrogen) atoms. The summed E-state index contributed by atoms with van der Waals surface area (Å²) in [7, 11) is 0. The Morgan fingerprint density at radius 3 is 2.67 bits per heavy atom. The third-order valence-electron chi connectivity index (χ3n) is 6.77. The van der Waals surface area contributed by atoms with Crippen molar-refractivity contribution in [2.75, 3.05) is 37.7 Å². The number of amides is 1. The van der Waals surface area contributed by atoms with Gasteiger partial charge in [0.15, 0.2) is 0 Å². The minimum absolute atomic E-state index is 0.00528. The van der Waals surface area contributed by atoms with Crippen LogP contribution in [-0.2, 0) is 17.4 Å². The van der Waals surface area contributed by atoms with Crippen molar-refractivity contribution >= 4 is 11.6 Å². The fourth-order valence-electron chi connectivity index (χ4n) is 5.01. The van der Waals surface area contributed by atoms with Crippen molar-refractivity contribution in [1.29, 1.82) is 5.26 Å². The minimum atomic E-state index is -4.65. The molecule has 0 aromatic heterocycles. The Morgan fingerprint density at radius 1 is 1.21 bits per heavy atom. The molecule has 2 aromatic carbocycles. The van der Waals surface area contributed by atoms with Gasteiger partial charge in [-0.3, -0.25) is 4.79 Å². The highest BCUT2D eigenvalue weighted by molar-refractivity contribution is 5.79. The molecule has 2 atom stereocenters. The molecule has 0 spiro atoms. The molecule has 0 aliphatic carbocycles. The van der Waals surface area contributed by atoms with Crippen LogP contribution >= 0.6 is 0 Å². The Bertz CT molecular complexity index is 1100. The summed E-state index contributed by atoms with van der Waals surface area (Å²) >= 11 is 0. The van der Waals surface area contributed by atoms with E-state index >= 15 is 0 Å². The van der Waals surface area contributed by atoms with Gasteiger partial charge in [0.05, 0.1) is 30.2 Å². The highest BCUT2D eigenvalue weighted by Crippen LogP contribution is 2.44. The fraction of sp³-hybridized carbons (Fsp3) is 0.417. The predicted octanol–water partition coefficient (Wildman–Crippen LogP) is 3.61. The Balaban J connectivity index is 1.53. The SMILES string of the molecule is N#Cc1ccc(N2C[C@@H]3CCN(C(=O)Cc4cccc(F)c4)C[C@]3(CO)C2)cc1C(F)(F)F. The number of carbonyl (C=O) groups excluding carboxylic acids is 1. The summed E-state index contributed by atoms with van der Waals surface area (Å²) in [4.78, 5) is 16.3. The number of aliphatic hydroxyl groups is 1. The molecular weight excluding hydrogens is 438 g/mol. The van der Waals surface area contributed by atoms with Crippen molar-refractivity contribution < 1.29 is 27.5 Å². The number of benzene rings is 2. The summed E-state index contributed by atoms with van der Waals surface area (Å²) in [5.74, 6) is -0.591. The molecule has 2 aromatic rings. The number of nitrogens with zero attached hydrogens (tertiary/aromatic N) is 3. The largest absolute Gasteiger partial charge is 0.417 e. The van der Waals surface area contributed by atoms with Crippen LogP contribution in [0.15, 0.2) is 42.5 Å². The third kappa shape index (κ3) is 4.53. The number of nitriles is 1. The van der Waals surface area contributed by atoms with E-state index in [1.54, 1.807) is 28.0 Å². The smallest absolute Gasteiger partial charge is 0.396 e. The molecule has 1 amide bonds. The zero-order valence-corrected chi connectivity index (χ0v) is 17.8. The maximum absolute atomic E-state index is 13.5. The second-order valence-corrected chi connectivity index (χ2v) is 8.85. The first-order valence-electron chi connectivity index (χ1n) is 10.6. The summed E-state index contributed by atoms with van der Waals surface area (Å²) in [6, 6.07) is 11.1. The number of carbonyl (C=O) groups is 1. The number of likely N-dealkylation sites (tertiary alicyclic amines) is 1. The van der Waals surface area contributed by atoms with Gasteiger partial charge in [-0.1, -0.05) is 12.1 Å². The molecule has 9 heteroatoms. The minimum Gasteiger partial charge on any atom is -0.396 e. The second-order valence-electron chi connectivity index (χ2n) is 8.85. The van der Waals surface area contributed by atoms with Gasteiger partial charge in [0.25, 0.3) is 0 Å². The fourth-order valence-corrected chi connectivity index (χ4v) is 5.01. The van der Waals surface area contributed by atoms with Crippen molar-refractivity contribution in [2.45, 2.75) is 19.0 Å². The molecule has 2 saturated heterocycles. The normalized spacial score (nSPS) is 22.7. The van der Waals surface area contributed by atoms with E-state index in [0.717, 1.165) is 6.07 Å². The van der Waals surface area contributed by atoms with Gasteiger partial charge in [-0.25, -0.2) is 4.39 Å². The van der Waals surface area contributed by atoms with Crippen molar-refractivity contribution in [1.82, 2.24) is 4.90 Å². The van der Waals surface area contributed by atoms with Crippen LogP contribution < -0.4 is 4.90 Å². The van der Waals surface area contributed by atoms with Gasteiger partial charge < -0.3 is 14.9 Å². The number of hydrogen-bond donors (Lipinski definition) is 1. The lowest BCUT2D eigenvalue weighted by Crippen LogP contribution is -2.53. The molecule has 2 aliphatic rings. The number of halogens is 4. The monoisotopic (exact) mass is 461 g/mol. The van der Waals surface area contributed by atoms with Crippen LogP contribution in [0.3, 0.4) is 0 Å². The molecular formula is C24H23F4N3O2. The van der Waals surface area contributed by atoms with Crippen LogP contribution in [0.2, 0.25) is 0 Å². The maximum atomic E-state index is 13.5. The van der Waals surface area contributed by atoms with Crippen LogP contribution in [-0.4, -0.2) is 48.7 Å². The lowest BCUT2D eigenvalue weighted by Gasteiger charge is -2.43. The van der Waals surface area contributed by atoms with Crippen molar-refractivity contribution in [2.24, 2.45) is 11.3 Å². The molecule has 0 saturated carbocycles. The van der Waals surface area contributed by atoms with Crippen LogP contribution in [0.4, 0.5) is 23.2 Å². The molecule has 1 N–H and O–H groups in total. The molecule has 5 nitrogen and oxygen atoms in total. The highest BCUT2D eigenvalue weighted by atomic mass is 19.4. The number of rotatable bonds is 4. The number of fused-ring (bicyclic) bond motifs is 1. The van der Waals surface area contributed by atoms with Crippen LogP contribution in [0.1, 0.15) is 23.1 Å². The third-order valence-corrected chi connectivity index (χ3v) is 6.77. The van der Waals surface area contributed by atoms with E-state index in [4.69, 9.17) is 5.26 Å². The first kappa shape index (κ1) is 23.1. The molecule has 0 bridgehead atoms. The summed E-state index contributed by atoms with van der Waals surface area (Å²) in [5.41, 5.74) is -1.19. The second kappa shape index (κ2) is 8.67. The standard InChI is InChI=1S/C24H23F4N3O2/c25-19-3-1-2-16(8-19)9-22(33)30-7-6-18-12-31(14-23(18,13-30)15-32)20-5-4-17(11-29)21(10-20)24(26,27)28/h1-5,8,10,18,32H,6-7,9,12-15H2/t18-,23+/m0/s1. The first-order chi connectivity index (χ1) is 15.6. The molecule has 0 radical (unpaired) electrons. The van der Waals surface area contributed by atoms with Gasteiger partial charge >= 0.3 is 6.18 Å². The summed E-state index contributed by atoms with van der Waals surface area (Å²) in [6.07, 6.45) is -4.01. The topological polar surface area (TPSA) is 67.6 Å². The van der Waals surface area contributed by atoms with Gasteiger partial charge in [0, 0.05) is 37.3 Å². The van der Waals surface area contributed by atoms with Gasteiger partial charge in [-0.2, -0.15) is 18.4 Å². The lowest BCUT2D eigenvalue weighted by molar-refractivity contribution is -0.138. The number of hydrogen-bond acceptors (Lipinski definition) is 4. The molecule has 174 valence electrons. The zero-order valence-electron chi connectivity index (χ0n) is 17.8. The molecule has 2 fully saturated rings. The van der Waals surface area contributed by atoms with Gasteiger partial charge in [0.1, 0.15) is 5.82 Å². The average molecular weight is 461 g/mol. The summed E-state index contributed by atoms with van der Waals surface area (Å²) < 4.78 is 53.7. The molecule has 2 heterocycles. The van der Waals surface area contributed by atoms with E-state index in [9.17, 15) is 27.5 Å². The van der Waals surface area contributed by atoms with Crippen molar-refractivity contribution in [3.05, 3.63) is 65.0 Å². The van der Waals surface area contributed by atoms with E-state index in [2.05, 4.69) is 0 Å². The van der Waals surface area contributed by atoms with E-state index in [-0.39, 0.29) is 31.4 Å². The lowest BCUT2D eigenvalue weighted by atomic mass is 9.74. The van der Waals surface area contributed by atoms with Gasteiger partial charge in [0.2, 0.25) is 5.91 Å². The quantitative estimate of drug-likeness (QED) is 0.707. The number of anilines is 1. The van der Waals surface area contributed by atoms with Gasteiger partial charge in [-0.05, 0) is 48.2 Å². The summed E-state index contributed by atoms with van der Waals surface area (Å²) in [6.45, 7) is 1.29. The highest BCUT2D eigenvalue weighted by Gasteiger charge is 2.50. The number of aliphatic hydroxyl groups excluding tert-OH is 1. The van der Waals surface area contributed by atoms with Crippen molar-refractivity contribution in [3.8, 4) is 6.07 Å². The summed E-state index contributed by atoms with van der Waals surface area (Å²) in [5, 5.41) is 19.3. The van der Waals surface area contributed by atoms with Crippen LogP contribution in [0.25, 0.3) is 0 Å². The number of alkyl halides is 3. The number of piperidine rings is 1. The maximum Gasteiger partial charge on any atom is 0.417 e. The Kier molecular flexibility index (Phi) is 6.06. The first-order valence-corrected chi connectivity index (χ1v) is 10.6. The van der Waals surface area contributed by atoms with E-state index < -0.39 is 28.5 Å². The molecule has 2 aliphatic heterocycles. The predicted molar refractivity (Wildman–Crippen MR) is 113 cm³/mol. The van der Waals surface area contributed by atoms with Crippen LogP contribution in [0, 0.1) is 28.5 Å². The Hall–Kier alpha value is -3.12. The van der Waals surface area contributed by atoms with E-state index in [1.165, 1.54) is 24.3 Å². The van der Waals surface area contributed by atoms with Crippen LogP contribution in [0.5, 0.6) is 0 Å². The van der Waals surface area contributed by atoms with Gasteiger partial charge in [-0.15, -0.1) is 0 Å². The Morgan fingerprint density at radius 2 is 2.00 bits per heavy atom. The zero-order chi connectivity index (χ0) is 23.8. The van der Waals surface area contributed by atoms with Crippen molar-refractivity contribution in [3.63, 3.8) is 0 Å².